The molecule has 1 heteroatoms. The van der Waals surface area contributed by atoms with Gasteiger partial charge in [0.25, 0.3) is 0 Å². The molecule has 0 amide bonds. The zero-order chi connectivity index (χ0) is 10.7. The van der Waals surface area contributed by atoms with Crippen molar-refractivity contribution < 1.29 is 0 Å². The van der Waals surface area contributed by atoms with Crippen LogP contribution in [0.3, 0.4) is 0 Å². The molecular weight excluding hydrogens is 182 g/mol. The summed E-state index contributed by atoms with van der Waals surface area (Å²) in [5, 5.41) is 0. The Morgan fingerprint density at radius 1 is 1.07 bits per heavy atom. The van der Waals surface area contributed by atoms with E-state index in [1.54, 1.807) is 0 Å². The largest absolute Gasteiger partial charge is 0.327 e. The molecule has 1 nitrogen and oxygen atoms in total. The van der Waals surface area contributed by atoms with Crippen LogP contribution in [0.15, 0.2) is 0 Å². The maximum Gasteiger partial charge on any atom is 0.00724 e. The second-order valence-electron chi connectivity index (χ2n) is 5.81. The Bertz CT molecular complexity index is 186. The Labute approximate surface area is 94.8 Å². The predicted molar refractivity (Wildman–Crippen MR) is 65.7 cm³/mol. The summed E-state index contributed by atoms with van der Waals surface area (Å²) in [5.74, 6) is 2.78. The van der Waals surface area contributed by atoms with Crippen molar-refractivity contribution >= 4 is 0 Å². The Balaban J connectivity index is 1.82. The molecule has 0 radical (unpaired) electrons. The van der Waals surface area contributed by atoms with E-state index in [-0.39, 0.29) is 0 Å². The highest BCUT2D eigenvalue weighted by Gasteiger charge is 2.31. The fraction of sp³-hybridized carbons (Fsp3) is 1.00. The van der Waals surface area contributed by atoms with Gasteiger partial charge >= 0.3 is 0 Å². The first-order valence-corrected chi connectivity index (χ1v) is 7.06. The van der Waals surface area contributed by atoms with Crippen LogP contribution in [0.1, 0.15) is 64.7 Å². The highest BCUT2D eigenvalue weighted by atomic mass is 14.7. The first kappa shape index (κ1) is 11.4. The van der Waals surface area contributed by atoms with Crippen LogP contribution in [0, 0.1) is 17.8 Å². The lowest BCUT2D eigenvalue weighted by Crippen LogP contribution is -2.39. The minimum atomic E-state index is 0.514. The van der Waals surface area contributed by atoms with Gasteiger partial charge in [-0.25, -0.2) is 0 Å². The molecule has 3 atom stereocenters. The molecule has 0 spiro atoms. The van der Waals surface area contributed by atoms with Gasteiger partial charge < -0.3 is 5.73 Å². The topological polar surface area (TPSA) is 26.0 Å². The highest BCUT2D eigenvalue weighted by molar-refractivity contribution is 4.85. The molecule has 2 fully saturated rings. The van der Waals surface area contributed by atoms with Crippen molar-refractivity contribution in [2.75, 3.05) is 0 Å². The van der Waals surface area contributed by atoms with Crippen LogP contribution in [0.25, 0.3) is 0 Å². The first-order valence-electron chi connectivity index (χ1n) is 7.06. The molecule has 2 N–H and O–H groups in total. The van der Waals surface area contributed by atoms with Crippen LogP contribution < -0.4 is 5.73 Å². The van der Waals surface area contributed by atoms with Gasteiger partial charge in [-0.2, -0.15) is 0 Å². The summed E-state index contributed by atoms with van der Waals surface area (Å²) in [5.41, 5.74) is 6.42. The average molecular weight is 209 g/mol. The maximum absolute atomic E-state index is 6.42. The van der Waals surface area contributed by atoms with E-state index in [2.05, 4.69) is 6.92 Å². The standard InChI is InChI=1S/C14H27N/c1-2-12-8-3-4-9-13(12)14(15)10-11-6-5-7-11/h11-14H,2-10,15H2,1H3. The third kappa shape index (κ3) is 2.75. The molecule has 0 saturated heterocycles. The van der Waals surface area contributed by atoms with Crippen molar-refractivity contribution in [3.63, 3.8) is 0 Å². The van der Waals surface area contributed by atoms with Gasteiger partial charge in [0.15, 0.2) is 0 Å². The van der Waals surface area contributed by atoms with E-state index in [0.717, 1.165) is 17.8 Å². The van der Waals surface area contributed by atoms with Crippen molar-refractivity contribution in [1.82, 2.24) is 0 Å². The number of hydrogen-bond acceptors (Lipinski definition) is 1. The fourth-order valence-corrected chi connectivity index (χ4v) is 3.60. The Morgan fingerprint density at radius 2 is 1.80 bits per heavy atom. The highest BCUT2D eigenvalue weighted by Crippen LogP contribution is 2.38. The molecule has 15 heavy (non-hydrogen) atoms. The molecule has 2 saturated carbocycles. The number of rotatable bonds is 4. The van der Waals surface area contributed by atoms with Crippen molar-refractivity contribution in [2.45, 2.75) is 70.8 Å². The van der Waals surface area contributed by atoms with E-state index in [9.17, 15) is 0 Å². The fourth-order valence-electron chi connectivity index (χ4n) is 3.60. The van der Waals surface area contributed by atoms with Gasteiger partial charge in [-0.3, -0.25) is 0 Å². The second kappa shape index (κ2) is 5.34. The Hall–Kier alpha value is -0.0400. The SMILES string of the molecule is CCC1CCCCC1C(N)CC1CCC1. The smallest absolute Gasteiger partial charge is 0.00724 e. The van der Waals surface area contributed by atoms with Crippen LogP contribution in [-0.2, 0) is 0 Å². The molecule has 2 aliphatic carbocycles. The Kier molecular flexibility index (Phi) is 4.07. The van der Waals surface area contributed by atoms with Crippen LogP contribution in [0.5, 0.6) is 0 Å². The van der Waals surface area contributed by atoms with Crippen LogP contribution >= 0.6 is 0 Å². The van der Waals surface area contributed by atoms with Gasteiger partial charge in [0, 0.05) is 6.04 Å². The molecule has 3 unspecified atom stereocenters. The monoisotopic (exact) mass is 209 g/mol. The van der Waals surface area contributed by atoms with E-state index < -0.39 is 0 Å². The molecule has 0 bridgehead atoms. The zero-order valence-corrected chi connectivity index (χ0v) is 10.3. The second-order valence-corrected chi connectivity index (χ2v) is 5.81. The summed E-state index contributed by atoms with van der Waals surface area (Å²) < 4.78 is 0. The quantitative estimate of drug-likeness (QED) is 0.750. The molecule has 2 rings (SSSR count). The maximum atomic E-state index is 6.42. The lowest BCUT2D eigenvalue weighted by molar-refractivity contribution is 0.160. The van der Waals surface area contributed by atoms with Crippen molar-refractivity contribution in [2.24, 2.45) is 23.5 Å². The molecule has 0 aromatic heterocycles. The first-order chi connectivity index (χ1) is 7.31. The Morgan fingerprint density at radius 3 is 2.40 bits per heavy atom. The van der Waals surface area contributed by atoms with Gasteiger partial charge in [0.2, 0.25) is 0 Å². The molecule has 88 valence electrons. The normalized spacial score (nSPS) is 34.8. The van der Waals surface area contributed by atoms with Gasteiger partial charge in [0.1, 0.15) is 0 Å². The summed E-state index contributed by atoms with van der Waals surface area (Å²) in [6, 6.07) is 0.514. The molecule has 0 aliphatic heterocycles. The third-order valence-corrected chi connectivity index (χ3v) is 4.87. The molecular formula is C14H27N. The zero-order valence-electron chi connectivity index (χ0n) is 10.3. The lowest BCUT2D eigenvalue weighted by atomic mass is 9.70. The van der Waals surface area contributed by atoms with Crippen molar-refractivity contribution in [1.29, 1.82) is 0 Å². The van der Waals surface area contributed by atoms with Gasteiger partial charge in [-0.15, -0.1) is 0 Å². The predicted octanol–water partition coefficient (Wildman–Crippen LogP) is 3.72. The number of hydrogen-bond donors (Lipinski definition) is 1. The van der Waals surface area contributed by atoms with Crippen molar-refractivity contribution in [3.8, 4) is 0 Å². The van der Waals surface area contributed by atoms with E-state index >= 15 is 0 Å². The molecule has 0 aromatic rings. The van der Waals surface area contributed by atoms with E-state index in [1.165, 1.54) is 57.8 Å². The van der Waals surface area contributed by atoms with E-state index in [0.29, 0.717) is 6.04 Å². The number of nitrogens with two attached hydrogens (primary N) is 1. The van der Waals surface area contributed by atoms with Gasteiger partial charge in [-0.05, 0) is 30.6 Å². The lowest BCUT2D eigenvalue weighted by Gasteiger charge is -2.38. The van der Waals surface area contributed by atoms with Crippen LogP contribution in [0.2, 0.25) is 0 Å². The minimum absolute atomic E-state index is 0.514. The van der Waals surface area contributed by atoms with Crippen molar-refractivity contribution in [3.05, 3.63) is 0 Å². The summed E-state index contributed by atoms with van der Waals surface area (Å²) in [4.78, 5) is 0. The summed E-state index contributed by atoms with van der Waals surface area (Å²) in [7, 11) is 0. The van der Waals surface area contributed by atoms with E-state index in [4.69, 9.17) is 5.73 Å². The molecule has 2 aliphatic rings. The van der Waals surface area contributed by atoms with Gasteiger partial charge in [0.05, 0.1) is 0 Å². The minimum Gasteiger partial charge on any atom is -0.327 e. The van der Waals surface area contributed by atoms with Crippen LogP contribution in [0.4, 0.5) is 0 Å². The molecule has 0 heterocycles. The summed E-state index contributed by atoms with van der Waals surface area (Å²) >= 11 is 0. The third-order valence-electron chi connectivity index (χ3n) is 4.87. The van der Waals surface area contributed by atoms with Gasteiger partial charge in [-0.1, -0.05) is 51.9 Å². The summed E-state index contributed by atoms with van der Waals surface area (Å²) in [6.07, 6.45) is 12.8. The molecule has 0 aromatic carbocycles. The summed E-state index contributed by atoms with van der Waals surface area (Å²) in [6.45, 7) is 2.35. The van der Waals surface area contributed by atoms with Crippen LogP contribution in [-0.4, -0.2) is 6.04 Å². The van der Waals surface area contributed by atoms with E-state index in [1.807, 2.05) is 0 Å². The average Bonchev–Trinajstić information content (AvgIpc) is 2.23.